The molecule has 1 aromatic carbocycles. The molecule has 0 radical (unpaired) electrons. The van der Waals surface area contributed by atoms with Crippen molar-refractivity contribution in [3.8, 4) is 0 Å². The molecule has 0 saturated carbocycles. The standard InChI is InChI=1S/C21H22ClN3O3S/c22-16-13-15(5-6-17(16)25-9-1-4-19(25)26)23-20(27)14-7-10-24(11-8-14)21(28)18-3-2-12-29-18/h2-3,5-6,12-14H,1,4,7-11H2,(H,23,27). The second kappa shape index (κ2) is 8.55. The lowest BCUT2D eigenvalue weighted by molar-refractivity contribution is -0.121. The smallest absolute Gasteiger partial charge is 0.263 e. The Morgan fingerprint density at radius 1 is 1.14 bits per heavy atom. The molecule has 0 atom stereocenters. The summed E-state index contributed by atoms with van der Waals surface area (Å²) >= 11 is 7.80. The lowest BCUT2D eigenvalue weighted by Gasteiger charge is -2.31. The fourth-order valence-corrected chi connectivity index (χ4v) is 4.82. The highest BCUT2D eigenvalue weighted by Crippen LogP contribution is 2.32. The first kappa shape index (κ1) is 19.9. The number of rotatable bonds is 4. The SMILES string of the molecule is O=C(Nc1ccc(N2CCCC2=O)c(Cl)c1)C1CCN(C(=O)c2cccs2)CC1. The third kappa shape index (κ3) is 4.31. The molecule has 1 N–H and O–H groups in total. The number of likely N-dealkylation sites (tertiary alicyclic amines) is 1. The zero-order chi connectivity index (χ0) is 20.4. The maximum absolute atomic E-state index is 12.7. The molecule has 2 aliphatic rings. The van der Waals surface area contributed by atoms with Crippen molar-refractivity contribution in [2.75, 3.05) is 29.9 Å². The molecular formula is C21H22ClN3O3S. The predicted octanol–water partition coefficient (Wildman–Crippen LogP) is 4.02. The highest BCUT2D eigenvalue weighted by Gasteiger charge is 2.28. The Morgan fingerprint density at radius 3 is 2.55 bits per heavy atom. The molecule has 0 spiro atoms. The normalized spacial score (nSPS) is 17.6. The first-order valence-corrected chi connectivity index (χ1v) is 11.0. The minimum Gasteiger partial charge on any atom is -0.338 e. The Balaban J connectivity index is 1.33. The summed E-state index contributed by atoms with van der Waals surface area (Å²) in [6.45, 7) is 1.82. The molecule has 3 heterocycles. The van der Waals surface area contributed by atoms with E-state index >= 15 is 0 Å². The number of amides is 3. The number of piperidine rings is 1. The van der Waals surface area contributed by atoms with Crippen LogP contribution in [0.4, 0.5) is 11.4 Å². The van der Waals surface area contributed by atoms with Crippen molar-refractivity contribution in [1.82, 2.24) is 4.90 Å². The molecule has 152 valence electrons. The average Bonchev–Trinajstić information content (AvgIpc) is 3.40. The van der Waals surface area contributed by atoms with Gasteiger partial charge in [0.1, 0.15) is 0 Å². The van der Waals surface area contributed by atoms with Crippen LogP contribution in [0.5, 0.6) is 0 Å². The molecule has 4 rings (SSSR count). The van der Waals surface area contributed by atoms with E-state index in [1.165, 1.54) is 11.3 Å². The molecule has 6 nitrogen and oxygen atoms in total. The summed E-state index contributed by atoms with van der Waals surface area (Å²) in [6, 6.07) is 8.95. The molecule has 2 saturated heterocycles. The monoisotopic (exact) mass is 431 g/mol. The van der Waals surface area contributed by atoms with Crippen LogP contribution >= 0.6 is 22.9 Å². The van der Waals surface area contributed by atoms with Crippen molar-refractivity contribution in [3.05, 3.63) is 45.6 Å². The molecule has 0 aliphatic carbocycles. The molecule has 0 unspecified atom stereocenters. The van der Waals surface area contributed by atoms with Crippen LogP contribution in [-0.4, -0.2) is 42.3 Å². The zero-order valence-electron chi connectivity index (χ0n) is 15.9. The van der Waals surface area contributed by atoms with Gasteiger partial charge in [0, 0.05) is 37.7 Å². The Bertz CT molecular complexity index is 923. The summed E-state index contributed by atoms with van der Waals surface area (Å²) in [6.07, 6.45) is 2.65. The molecule has 2 aliphatic heterocycles. The highest BCUT2D eigenvalue weighted by atomic mass is 35.5. The quantitative estimate of drug-likeness (QED) is 0.794. The summed E-state index contributed by atoms with van der Waals surface area (Å²) in [5, 5.41) is 5.27. The van der Waals surface area contributed by atoms with Gasteiger partial charge in [-0.25, -0.2) is 0 Å². The van der Waals surface area contributed by atoms with E-state index in [-0.39, 0.29) is 23.6 Å². The maximum Gasteiger partial charge on any atom is 0.263 e. The van der Waals surface area contributed by atoms with Crippen LogP contribution < -0.4 is 10.2 Å². The topological polar surface area (TPSA) is 69.7 Å². The fourth-order valence-electron chi connectivity index (χ4n) is 3.85. The number of nitrogens with one attached hydrogen (secondary N) is 1. The van der Waals surface area contributed by atoms with Crippen molar-refractivity contribution in [2.24, 2.45) is 5.92 Å². The van der Waals surface area contributed by atoms with Crippen molar-refractivity contribution in [1.29, 1.82) is 0 Å². The molecule has 29 heavy (non-hydrogen) atoms. The van der Waals surface area contributed by atoms with Gasteiger partial charge in [-0.3, -0.25) is 14.4 Å². The predicted molar refractivity (Wildman–Crippen MR) is 115 cm³/mol. The summed E-state index contributed by atoms with van der Waals surface area (Å²) < 4.78 is 0. The number of hydrogen-bond acceptors (Lipinski definition) is 4. The van der Waals surface area contributed by atoms with Crippen LogP contribution in [-0.2, 0) is 9.59 Å². The number of hydrogen-bond donors (Lipinski definition) is 1. The minimum absolute atomic E-state index is 0.0395. The van der Waals surface area contributed by atoms with E-state index in [1.54, 1.807) is 23.1 Å². The number of benzene rings is 1. The maximum atomic E-state index is 12.7. The molecule has 0 bridgehead atoms. The summed E-state index contributed by atoms with van der Waals surface area (Å²) in [4.78, 5) is 41.2. The number of nitrogens with zero attached hydrogens (tertiary/aromatic N) is 2. The van der Waals surface area contributed by atoms with Gasteiger partial charge in [-0.15, -0.1) is 11.3 Å². The van der Waals surface area contributed by atoms with E-state index in [0.29, 0.717) is 55.3 Å². The van der Waals surface area contributed by atoms with Crippen molar-refractivity contribution in [2.45, 2.75) is 25.7 Å². The van der Waals surface area contributed by atoms with Gasteiger partial charge in [0.15, 0.2) is 0 Å². The number of halogens is 1. The number of carbonyl (C=O) groups is 3. The van der Waals surface area contributed by atoms with Gasteiger partial charge in [0.05, 0.1) is 15.6 Å². The third-order valence-corrected chi connectivity index (χ3v) is 6.62. The van der Waals surface area contributed by atoms with Gasteiger partial charge in [-0.05, 0) is 48.9 Å². The van der Waals surface area contributed by atoms with Gasteiger partial charge in [-0.2, -0.15) is 0 Å². The third-order valence-electron chi connectivity index (χ3n) is 5.46. The van der Waals surface area contributed by atoms with Crippen molar-refractivity contribution in [3.63, 3.8) is 0 Å². The van der Waals surface area contributed by atoms with E-state index in [2.05, 4.69) is 5.32 Å². The first-order chi connectivity index (χ1) is 14.0. The largest absolute Gasteiger partial charge is 0.338 e. The Kier molecular flexibility index (Phi) is 5.87. The van der Waals surface area contributed by atoms with Crippen molar-refractivity contribution >= 4 is 52.0 Å². The molecular weight excluding hydrogens is 410 g/mol. The molecule has 8 heteroatoms. The lowest BCUT2D eigenvalue weighted by atomic mass is 9.95. The van der Waals surface area contributed by atoms with Gasteiger partial charge >= 0.3 is 0 Å². The molecule has 2 fully saturated rings. The van der Waals surface area contributed by atoms with Gasteiger partial charge in [0.2, 0.25) is 11.8 Å². The average molecular weight is 432 g/mol. The summed E-state index contributed by atoms with van der Waals surface area (Å²) in [5.74, 6) is -0.0829. The van der Waals surface area contributed by atoms with Crippen LogP contribution in [0.1, 0.15) is 35.4 Å². The Morgan fingerprint density at radius 2 is 1.93 bits per heavy atom. The second-order valence-electron chi connectivity index (χ2n) is 7.35. The van der Waals surface area contributed by atoms with Crippen LogP contribution in [0.2, 0.25) is 5.02 Å². The number of carbonyl (C=O) groups excluding carboxylic acids is 3. The fraction of sp³-hybridized carbons (Fsp3) is 0.381. The lowest BCUT2D eigenvalue weighted by Crippen LogP contribution is -2.41. The van der Waals surface area contributed by atoms with E-state index in [0.717, 1.165) is 11.3 Å². The minimum atomic E-state index is -0.138. The Hall–Kier alpha value is -2.38. The van der Waals surface area contributed by atoms with Crippen LogP contribution in [0.3, 0.4) is 0 Å². The van der Waals surface area contributed by atoms with Gasteiger partial charge in [0.25, 0.3) is 5.91 Å². The number of anilines is 2. The van der Waals surface area contributed by atoms with Crippen LogP contribution in [0.25, 0.3) is 0 Å². The van der Waals surface area contributed by atoms with Crippen LogP contribution in [0, 0.1) is 5.92 Å². The molecule has 3 amide bonds. The van der Waals surface area contributed by atoms with Gasteiger partial charge in [-0.1, -0.05) is 17.7 Å². The molecule has 2 aromatic rings. The number of thiophene rings is 1. The Labute approximate surface area is 178 Å². The zero-order valence-corrected chi connectivity index (χ0v) is 17.5. The summed E-state index contributed by atoms with van der Waals surface area (Å²) in [5.41, 5.74) is 1.31. The highest BCUT2D eigenvalue weighted by molar-refractivity contribution is 7.12. The van der Waals surface area contributed by atoms with E-state index in [1.807, 2.05) is 22.4 Å². The van der Waals surface area contributed by atoms with Gasteiger partial charge < -0.3 is 15.1 Å². The molecule has 1 aromatic heterocycles. The van der Waals surface area contributed by atoms with E-state index in [9.17, 15) is 14.4 Å². The second-order valence-corrected chi connectivity index (χ2v) is 8.70. The van der Waals surface area contributed by atoms with Crippen LogP contribution in [0.15, 0.2) is 35.7 Å². The van der Waals surface area contributed by atoms with E-state index < -0.39 is 0 Å². The summed E-state index contributed by atoms with van der Waals surface area (Å²) in [7, 11) is 0. The van der Waals surface area contributed by atoms with E-state index in [4.69, 9.17) is 11.6 Å². The first-order valence-electron chi connectivity index (χ1n) is 9.76. The van der Waals surface area contributed by atoms with Crippen molar-refractivity contribution < 1.29 is 14.4 Å².